The predicted molar refractivity (Wildman–Crippen MR) is 60.5 cm³/mol. The van der Waals surface area contributed by atoms with Gasteiger partial charge in [0.05, 0.1) is 0 Å². The third-order valence-electron chi connectivity index (χ3n) is 3.69. The van der Waals surface area contributed by atoms with E-state index in [1.807, 2.05) is 0 Å². The van der Waals surface area contributed by atoms with Crippen LogP contribution in [0.4, 0.5) is 0 Å². The van der Waals surface area contributed by atoms with Gasteiger partial charge in [-0.3, -0.25) is 0 Å². The summed E-state index contributed by atoms with van der Waals surface area (Å²) in [6.45, 7) is 6.25. The molecular formula is C12H24N2. The third kappa shape index (κ3) is 2.71. The van der Waals surface area contributed by atoms with Gasteiger partial charge in [0, 0.05) is 18.6 Å². The van der Waals surface area contributed by atoms with Crippen molar-refractivity contribution in [2.24, 2.45) is 0 Å². The Morgan fingerprint density at radius 1 is 1.14 bits per heavy atom. The fourth-order valence-electron chi connectivity index (χ4n) is 2.80. The molecule has 0 aromatic rings. The van der Waals surface area contributed by atoms with Gasteiger partial charge in [0.2, 0.25) is 0 Å². The van der Waals surface area contributed by atoms with Crippen molar-refractivity contribution in [3.05, 3.63) is 0 Å². The molecule has 0 amide bonds. The molecule has 0 radical (unpaired) electrons. The minimum absolute atomic E-state index is 0.809. The van der Waals surface area contributed by atoms with E-state index < -0.39 is 0 Å². The van der Waals surface area contributed by atoms with Gasteiger partial charge in [0.1, 0.15) is 0 Å². The first-order valence-corrected chi connectivity index (χ1v) is 6.37. The highest BCUT2D eigenvalue weighted by atomic mass is 15.2. The lowest BCUT2D eigenvalue weighted by Gasteiger charge is -2.23. The van der Waals surface area contributed by atoms with E-state index in [0.29, 0.717) is 0 Å². The normalized spacial score (nSPS) is 33.2. The lowest BCUT2D eigenvalue weighted by atomic mass is 10.1. The molecule has 1 N–H and O–H groups in total. The van der Waals surface area contributed by atoms with Crippen molar-refractivity contribution in [1.82, 2.24) is 10.2 Å². The number of fused-ring (bicyclic) bond motifs is 2. The van der Waals surface area contributed by atoms with E-state index in [-0.39, 0.29) is 0 Å². The van der Waals surface area contributed by atoms with Crippen LogP contribution in [0.15, 0.2) is 0 Å². The second-order valence-corrected chi connectivity index (χ2v) is 4.93. The van der Waals surface area contributed by atoms with Crippen LogP contribution >= 0.6 is 0 Å². The Kier molecular flexibility index (Phi) is 3.82. The van der Waals surface area contributed by atoms with E-state index in [2.05, 4.69) is 17.1 Å². The fourth-order valence-corrected chi connectivity index (χ4v) is 2.80. The van der Waals surface area contributed by atoms with Crippen molar-refractivity contribution in [3.8, 4) is 0 Å². The smallest absolute Gasteiger partial charge is 0.0198 e. The van der Waals surface area contributed by atoms with Crippen LogP contribution < -0.4 is 5.32 Å². The van der Waals surface area contributed by atoms with Crippen LogP contribution in [0.3, 0.4) is 0 Å². The monoisotopic (exact) mass is 196 g/mol. The number of nitrogens with zero attached hydrogens (tertiary/aromatic N) is 1. The first-order valence-electron chi connectivity index (χ1n) is 6.37. The highest BCUT2D eigenvalue weighted by molar-refractivity contribution is 4.89. The van der Waals surface area contributed by atoms with Gasteiger partial charge in [-0.2, -0.15) is 0 Å². The molecule has 0 aromatic heterocycles. The molecule has 14 heavy (non-hydrogen) atoms. The molecular weight excluding hydrogens is 172 g/mol. The number of hydrogen-bond donors (Lipinski definition) is 1. The van der Waals surface area contributed by atoms with Crippen LogP contribution in [0.2, 0.25) is 0 Å². The molecule has 0 aromatic carbocycles. The van der Waals surface area contributed by atoms with Crippen molar-refractivity contribution in [3.63, 3.8) is 0 Å². The van der Waals surface area contributed by atoms with Gasteiger partial charge in [-0.05, 0) is 38.8 Å². The van der Waals surface area contributed by atoms with Gasteiger partial charge in [-0.25, -0.2) is 0 Å². The zero-order valence-corrected chi connectivity index (χ0v) is 9.47. The zero-order chi connectivity index (χ0) is 9.80. The molecule has 2 rings (SSSR count). The number of hydrogen-bond acceptors (Lipinski definition) is 2. The fraction of sp³-hybridized carbons (Fsp3) is 1.00. The first-order chi connectivity index (χ1) is 6.88. The summed E-state index contributed by atoms with van der Waals surface area (Å²) in [6.07, 6.45) is 8.36. The van der Waals surface area contributed by atoms with Crippen molar-refractivity contribution in [2.45, 2.75) is 57.5 Å². The molecule has 82 valence electrons. The van der Waals surface area contributed by atoms with Crippen LogP contribution in [0.1, 0.15) is 45.4 Å². The minimum atomic E-state index is 0.809. The summed E-state index contributed by atoms with van der Waals surface area (Å²) in [5.74, 6) is 0. The van der Waals surface area contributed by atoms with Crippen LogP contribution in [0, 0.1) is 0 Å². The number of rotatable bonds is 4. The van der Waals surface area contributed by atoms with Crippen LogP contribution in [0.5, 0.6) is 0 Å². The van der Waals surface area contributed by atoms with Crippen LogP contribution in [-0.2, 0) is 0 Å². The molecule has 2 nitrogen and oxygen atoms in total. The quantitative estimate of drug-likeness (QED) is 0.692. The number of nitrogens with one attached hydrogen (secondary N) is 1. The summed E-state index contributed by atoms with van der Waals surface area (Å²) in [5.41, 5.74) is 0. The topological polar surface area (TPSA) is 15.3 Å². The Balaban J connectivity index is 1.72. The standard InChI is InChI=1S/C12H24N2/c1-2-3-4-8-14-9-7-11-5-6-12(10-14)13-11/h11-13H,2-10H2,1H3. The molecule has 2 fully saturated rings. The summed E-state index contributed by atoms with van der Waals surface area (Å²) in [5, 5.41) is 3.73. The zero-order valence-electron chi connectivity index (χ0n) is 9.47. The Bertz CT molecular complexity index is 170. The Hall–Kier alpha value is -0.0800. The van der Waals surface area contributed by atoms with E-state index in [0.717, 1.165) is 12.1 Å². The van der Waals surface area contributed by atoms with Gasteiger partial charge in [-0.1, -0.05) is 19.8 Å². The van der Waals surface area contributed by atoms with Crippen molar-refractivity contribution in [1.29, 1.82) is 0 Å². The van der Waals surface area contributed by atoms with Crippen molar-refractivity contribution in [2.75, 3.05) is 19.6 Å². The lowest BCUT2D eigenvalue weighted by Crippen LogP contribution is -2.35. The summed E-state index contributed by atoms with van der Waals surface area (Å²) >= 11 is 0. The van der Waals surface area contributed by atoms with E-state index in [1.54, 1.807) is 0 Å². The molecule has 2 atom stereocenters. The van der Waals surface area contributed by atoms with Gasteiger partial charge in [-0.15, -0.1) is 0 Å². The minimum Gasteiger partial charge on any atom is -0.310 e. The predicted octanol–water partition coefficient (Wildman–Crippen LogP) is 2.00. The molecule has 2 saturated heterocycles. The van der Waals surface area contributed by atoms with E-state index in [9.17, 15) is 0 Å². The second kappa shape index (κ2) is 5.13. The van der Waals surface area contributed by atoms with Crippen molar-refractivity contribution < 1.29 is 0 Å². The van der Waals surface area contributed by atoms with Gasteiger partial charge in [0.25, 0.3) is 0 Å². The first kappa shape index (κ1) is 10.4. The molecule has 2 aliphatic heterocycles. The molecule has 0 spiro atoms. The maximum atomic E-state index is 3.73. The highest BCUT2D eigenvalue weighted by Crippen LogP contribution is 2.20. The Morgan fingerprint density at radius 2 is 2.00 bits per heavy atom. The SMILES string of the molecule is CCCCCN1CCC2CCC(C1)N2. The largest absolute Gasteiger partial charge is 0.310 e. The molecule has 2 heterocycles. The van der Waals surface area contributed by atoms with E-state index in [4.69, 9.17) is 0 Å². The second-order valence-electron chi connectivity index (χ2n) is 4.93. The number of unbranched alkanes of at least 4 members (excludes halogenated alkanes) is 2. The Labute approximate surface area is 88.1 Å². The molecule has 0 saturated carbocycles. The van der Waals surface area contributed by atoms with Crippen molar-refractivity contribution >= 4 is 0 Å². The number of likely N-dealkylation sites (tertiary alicyclic amines) is 1. The summed E-state index contributed by atoms with van der Waals surface area (Å²) < 4.78 is 0. The van der Waals surface area contributed by atoms with Crippen LogP contribution in [0.25, 0.3) is 0 Å². The maximum Gasteiger partial charge on any atom is 0.0198 e. The van der Waals surface area contributed by atoms with Crippen LogP contribution in [-0.4, -0.2) is 36.6 Å². The summed E-state index contributed by atoms with van der Waals surface area (Å²) in [4.78, 5) is 2.67. The summed E-state index contributed by atoms with van der Waals surface area (Å²) in [7, 11) is 0. The third-order valence-corrected chi connectivity index (χ3v) is 3.69. The molecule has 2 aliphatic rings. The lowest BCUT2D eigenvalue weighted by molar-refractivity contribution is 0.253. The molecule has 0 aliphatic carbocycles. The van der Waals surface area contributed by atoms with E-state index >= 15 is 0 Å². The van der Waals surface area contributed by atoms with Gasteiger partial charge < -0.3 is 10.2 Å². The van der Waals surface area contributed by atoms with Gasteiger partial charge >= 0.3 is 0 Å². The average Bonchev–Trinajstić information content (AvgIpc) is 2.50. The Morgan fingerprint density at radius 3 is 2.86 bits per heavy atom. The molecule has 2 heteroatoms. The average molecular weight is 196 g/mol. The maximum absolute atomic E-state index is 3.73. The van der Waals surface area contributed by atoms with E-state index in [1.165, 1.54) is 58.2 Å². The van der Waals surface area contributed by atoms with Gasteiger partial charge in [0.15, 0.2) is 0 Å². The molecule has 2 unspecified atom stereocenters. The summed E-state index contributed by atoms with van der Waals surface area (Å²) in [6, 6.07) is 1.65. The highest BCUT2D eigenvalue weighted by Gasteiger charge is 2.28. The molecule has 2 bridgehead atoms.